The molecule has 4 bridgehead atoms. The molecular weight excluding hydrogens is 250 g/mol. The van der Waals surface area contributed by atoms with Crippen LogP contribution in [0.25, 0.3) is 0 Å². The molecule has 0 unspecified atom stereocenters. The van der Waals surface area contributed by atoms with Gasteiger partial charge in [0.15, 0.2) is 0 Å². The minimum Gasteiger partial charge on any atom is -0.350 e. The molecule has 4 nitrogen and oxygen atoms in total. The van der Waals surface area contributed by atoms with Crippen molar-refractivity contribution in [3.63, 3.8) is 0 Å². The molecule has 0 aromatic heterocycles. The van der Waals surface area contributed by atoms with E-state index < -0.39 is 0 Å². The van der Waals surface area contributed by atoms with E-state index in [-0.39, 0.29) is 5.91 Å². The van der Waals surface area contributed by atoms with Crippen LogP contribution in [0.5, 0.6) is 0 Å². The van der Waals surface area contributed by atoms with E-state index in [0.717, 1.165) is 24.3 Å². The molecular formula is C16H23N3O. The fourth-order valence-electron chi connectivity index (χ4n) is 5.40. The van der Waals surface area contributed by atoms with Crippen molar-refractivity contribution < 1.29 is 4.79 Å². The fourth-order valence-corrected chi connectivity index (χ4v) is 5.40. The normalized spacial score (nSPS) is 41.2. The van der Waals surface area contributed by atoms with Crippen molar-refractivity contribution >= 4 is 12.2 Å². The predicted molar refractivity (Wildman–Crippen MR) is 78.2 cm³/mol. The first kappa shape index (κ1) is 12.4. The van der Waals surface area contributed by atoms with Crippen molar-refractivity contribution in [2.45, 2.75) is 38.5 Å². The number of carbonyl (C=O) groups is 1. The highest BCUT2D eigenvalue weighted by atomic mass is 16.2. The summed E-state index contributed by atoms with van der Waals surface area (Å²) in [6, 6.07) is 0. The van der Waals surface area contributed by atoms with Gasteiger partial charge in [0.25, 0.3) is 5.91 Å². The molecule has 0 spiro atoms. The van der Waals surface area contributed by atoms with E-state index in [1.165, 1.54) is 38.5 Å². The number of nitrogens with one attached hydrogen (secondary N) is 2. The third-order valence-electron chi connectivity index (χ3n) is 5.75. The van der Waals surface area contributed by atoms with Gasteiger partial charge < -0.3 is 10.6 Å². The van der Waals surface area contributed by atoms with E-state index in [2.05, 4.69) is 15.6 Å². The van der Waals surface area contributed by atoms with Crippen molar-refractivity contribution in [3.05, 3.63) is 11.8 Å². The van der Waals surface area contributed by atoms with E-state index in [1.54, 1.807) is 6.34 Å². The Morgan fingerprint density at radius 1 is 1.25 bits per heavy atom. The highest BCUT2D eigenvalue weighted by Gasteiger charge is 2.50. The fraction of sp³-hybridized carbons (Fsp3) is 0.750. The maximum absolute atomic E-state index is 12.2. The third-order valence-corrected chi connectivity index (χ3v) is 5.75. The molecule has 4 aliphatic carbocycles. The summed E-state index contributed by atoms with van der Waals surface area (Å²) < 4.78 is 0. The quantitative estimate of drug-likeness (QED) is 0.824. The number of hydrogen-bond acceptors (Lipinski definition) is 3. The summed E-state index contributed by atoms with van der Waals surface area (Å²) in [7, 11) is 0. The lowest BCUT2D eigenvalue weighted by Gasteiger charge is -2.56. The van der Waals surface area contributed by atoms with E-state index in [1.807, 2.05) is 6.08 Å². The molecule has 108 valence electrons. The average molecular weight is 273 g/mol. The van der Waals surface area contributed by atoms with Crippen LogP contribution in [0, 0.1) is 23.2 Å². The second-order valence-electron chi connectivity index (χ2n) is 7.36. The molecule has 4 heteroatoms. The van der Waals surface area contributed by atoms with E-state index in [9.17, 15) is 4.79 Å². The highest BCUT2D eigenvalue weighted by molar-refractivity contribution is 5.95. The molecule has 5 aliphatic rings. The number of amides is 1. The standard InChI is InChI=1S/C16H23N3O/c20-15(14-1-2-17-10-19-14)18-9-16-6-11-3-12(7-16)5-13(4-11)8-16/h1,10-13H,2-9H2,(H,17,19)(H,18,20). The zero-order chi connectivity index (χ0) is 13.6. The zero-order valence-corrected chi connectivity index (χ0v) is 11.9. The highest BCUT2D eigenvalue weighted by Crippen LogP contribution is 2.59. The Bertz CT molecular complexity index is 445. The molecule has 0 atom stereocenters. The van der Waals surface area contributed by atoms with E-state index in [4.69, 9.17) is 0 Å². The van der Waals surface area contributed by atoms with Crippen molar-refractivity contribution in [1.29, 1.82) is 0 Å². The summed E-state index contributed by atoms with van der Waals surface area (Å²) in [6.45, 7) is 1.47. The molecule has 1 amide bonds. The molecule has 1 heterocycles. The van der Waals surface area contributed by atoms with Crippen LogP contribution in [0.2, 0.25) is 0 Å². The van der Waals surface area contributed by atoms with Gasteiger partial charge in [-0.2, -0.15) is 0 Å². The zero-order valence-electron chi connectivity index (χ0n) is 11.9. The minimum absolute atomic E-state index is 0.0342. The number of hydrogen-bond donors (Lipinski definition) is 2. The molecule has 1 aliphatic heterocycles. The summed E-state index contributed by atoms with van der Waals surface area (Å²) in [6.07, 6.45) is 11.9. The van der Waals surface area contributed by atoms with Gasteiger partial charge in [-0.05, 0) is 67.8 Å². The molecule has 20 heavy (non-hydrogen) atoms. The molecule has 4 fully saturated rings. The van der Waals surface area contributed by atoms with Crippen LogP contribution in [-0.4, -0.2) is 25.3 Å². The largest absolute Gasteiger partial charge is 0.350 e. The van der Waals surface area contributed by atoms with Crippen LogP contribution in [0.15, 0.2) is 16.8 Å². The van der Waals surface area contributed by atoms with Gasteiger partial charge in [0.1, 0.15) is 5.70 Å². The van der Waals surface area contributed by atoms with Crippen LogP contribution in [0.1, 0.15) is 38.5 Å². The van der Waals surface area contributed by atoms with Gasteiger partial charge in [0, 0.05) is 6.54 Å². The predicted octanol–water partition coefficient (Wildman–Crippen LogP) is 1.83. The average Bonchev–Trinajstić information content (AvgIpc) is 2.44. The Hall–Kier alpha value is -1.32. The summed E-state index contributed by atoms with van der Waals surface area (Å²) in [5.74, 6) is 2.86. The maximum Gasteiger partial charge on any atom is 0.267 e. The summed E-state index contributed by atoms with van der Waals surface area (Å²) in [5, 5.41) is 6.11. The molecule has 5 rings (SSSR count). The van der Waals surface area contributed by atoms with Crippen LogP contribution in [0.3, 0.4) is 0 Å². The third kappa shape index (κ3) is 2.15. The number of carbonyl (C=O) groups excluding carboxylic acids is 1. The maximum atomic E-state index is 12.2. The molecule has 4 saturated carbocycles. The minimum atomic E-state index is 0.0342. The van der Waals surface area contributed by atoms with Gasteiger partial charge in [0.2, 0.25) is 0 Å². The first-order valence-corrected chi connectivity index (χ1v) is 7.96. The number of rotatable bonds is 3. The van der Waals surface area contributed by atoms with Crippen molar-refractivity contribution in [2.75, 3.05) is 13.1 Å². The first-order valence-electron chi connectivity index (χ1n) is 7.96. The molecule has 0 aromatic carbocycles. The lowest BCUT2D eigenvalue weighted by Crippen LogP contribution is -2.51. The second-order valence-corrected chi connectivity index (χ2v) is 7.36. The van der Waals surface area contributed by atoms with Gasteiger partial charge in [-0.15, -0.1) is 0 Å². The van der Waals surface area contributed by atoms with E-state index in [0.29, 0.717) is 17.7 Å². The topological polar surface area (TPSA) is 53.5 Å². The Kier molecular flexibility index (Phi) is 2.86. The van der Waals surface area contributed by atoms with Gasteiger partial charge in [-0.25, -0.2) is 0 Å². The Balaban J connectivity index is 1.39. The monoisotopic (exact) mass is 273 g/mol. The molecule has 0 saturated heterocycles. The van der Waals surface area contributed by atoms with Crippen molar-refractivity contribution in [3.8, 4) is 0 Å². The first-order chi connectivity index (χ1) is 9.72. The molecule has 0 aromatic rings. The van der Waals surface area contributed by atoms with Gasteiger partial charge >= 0.3 is 0 Å². The smallest absolute Gasteiger partial charge is 0.267 e. The van der Waals surface area contributed by atoms with Crippen LogP contribution in [-0.2, 0) is 4.79 Å². The van der Waals surface area contributed by atoms with Crippen LogP contribution >= 0.6 is 0 Å². The Morgan fingerprint density at radius 3 is 2.45 bits per heavy atom. The summed E-state index contributed by atoms with van der Waals surface area (Å²) in [4.78, 5) is 16.2. The Morgan fingerprint density at radius 2 is 1.90 bits per heavy atom. The van der Waals surface area contributed by atoms with Crippen molar-refractivity contribution in [2.24, 2.45) is 28.2 Å². The summed E-state index contributed by atoms with van der Waals surface area (Å²) in [5.41, 5.74) is 1.07. The number of aliphatic imine (C=N–C) groups is 1. The second kappa shape index (κ2) is 4.61. The van der Waals surface area contributed by atoms with Gasteiger partial charge in [-0.3, -0.25) is 9.79 Å². The Labute approximate surface area is 120 Å². The SMILES string of the molecule is O=C(NCC12CC3CC(CC(C3)C1)C2)C1=CCN=CN1. The van der Waals surface area contributed by atoms with Crippen LogP contribution in [0.4, 0.5) is 0 Å². The molecule has 0 radical (unpaired) electrons. The summed E-state index contributed by atoms with van der Waals surface area (Å²) >= 11 is 0. The van der Waals surface area contributed by atoms with Crippen molar-refractivity contribution in [1.82, 2.24) is 10.6 Å². The van der Waals surface area contributed by atoms with Gasteiger partial charge in [0.05, 0.1) is 12.9 Å². The number of nitrogens with zero attached hydrogens (tertiary/aromatic N) is 1. The van der Waals surface area contributed by atoms with Crippen LogP contribution < -0.4 is 10.6 Å². The lowest BCUT2D eigenvalue weighted by molar-refractivity contribution is -0.120. The van der Waals surface area contributed by atoms with Gasteiger partial charge in [-0.1, -0.05) is 0 Å². The lowest BCUT2D eigenvalue weighted by atomic mass is 9.49. The molecule has 2 N–H and O–H groups in total. The van der Waals surface area contributed by atoms with E-state index >= 15 is 0 Å².